The van der Waals surface area contributed by atoms with Crippen LogP contribution in [0.15, 0.2) is 53.7 Å². The maximum Gasteiger partial charge on any atom is 0.414 e. The number of nitrogens with one attached hydrogen (secondary N) is 1. The van der Waals surface area contributed by atoms with Crippen LogP contribution in [0.1, 0.15) is 45.1 Å². The first-order chi connectivity index (χ1) is 20.0. The van der Waals surface area contributed by atoms with Gasteiger partial charge in [-0.3, -0.25) is 15.1 Å². The molecule has 0 unspecified atom stereocenters. The van der Waals surface area contributed by atoms with Crippen molar-refractivity contribution in [2.45, 2.75) is 67.8 Å². The van der Waals surface area contributed by atoms with Crippen LogP contribution in [-0.4, -0.2) is 84.0 Å². The molecular weight excluding hydrogens is 580 g/mol. The summed E-state index contributed by atoms with van der Waals surface area (Å²) < 4.78 is 39.8. The third-order valence-corrected chi connectivity index (χ3v) is 10.7. The van der Waals surface area contributed by atoms with E-state index in [4.69, 9.17) is 9.47 Å². The van der Waals surface area contributed by atoms with Crippen molar-refractivity contribution < 1.29 is 32.3 Å². The highest BCUT2D eigenvalue weighted by atomic mass is 32.2. The molecule has 1 saturated heterocycles. The van der Waals surface area contributed by atoms with Gasteiger partial charge in [-0.05, 0) is 61.4 Å². The van der Waals surface area contributed by atoms with Crippen molar-refractivity contribution in [2.24, 2.45) is 5.92 Å². The number of carbonyl (C=O) groups is 3. The molecule has 228 valence electrons. The lowest BCUT2D eigenvalue weighted by Gasteiger charge is -2.32. The molecule has 42 heavy (non-hydrogen) atoms. The van der Waals surface area contributed by atoms with Crippen molar-refractivity contribution in [3.8, 4) is 5.75 Å². The quantitative estimate of drug-likeness (QED) is 0.353. The molecule has 13 heteroatoms. The Kier molecular flexibility index (Phi) is 10.2. The molecule has 1 aromatic carbocycles. The molecule has 1 saturated carbocycles. The van der Waals surface area contributed by atoms with Gasteiger partial charge in [0, 0.05) is 44.2 Å². The minimum Gasteiger partial charge on any atom is -0.464 e. The molecule has 1 aromatic heterocycles. The Balaban J connectivity index is 1.71. The Morgan fingerprint density at radius 3 is 2.36 bits per heavy atom. The lowest BCUT2D eigenvalue weighted by atomic mass is 9.95. The molecule has 2 amide bonds. The van der Waals surface area contributed by atoms with Gasteiger partial charge in [0.25, 0.3) is 15.9 Å². The summed E-state index contributed by atoms with van der Waals surface area (Å²) in [5, 5.41) is 2.48. The van der Waals surface area contributed by atoms with E-state index in [0.717, 1.165) is 31.9 Å². The maximum absolute atomic E-state index is 14.2. The van der Waals surface area contributed by atoms with Crippen LogP contribution in [-0.2, 0) is 30.8 Å². The van der Waals surface area contributed by atoms with Crippen LogP contribution < -0.4 is 10.1 Å². The lowest BCUT2D eigenvalue weighted by molar-refractivity contribution is -0.152. The number of esters is 1. The minimum absolute atomic E-state index is 0.138. The SMILES string of the molecule is CCC1(CC)CS[C@@H](C(=O)N([C@@H](Cc2ccc(OC(=O)N(C)C)cc2)C(=O)OCC2CC2)S(=O)(=O)c2cccnc2)N1. The average molecular weight is 619 g/mol. The van der Waals surface area contributed by atoms with E-state index in [1.54, 1.807) is 38.4 Å². The maximum atomic E-state index is 14.2. The second-order valence-corrected chi connectivity index (χ2v) is 13.8. The number of hydrogen-bond donors (Lipinski definition) is 1. The number of hydrogen-bond acceptors (Lipinski definition) is 10. The van der Waals surface area contributed by atoms with Crippen LogP contribution in [0, 0.1) is 5.92 Å². The van der Waals surface area contributed by atoms with Gasteiger partial charge in [0.1, 0.15) is 22.1 Å². The highest BCUT2D eigenvalue weighted by Crippen LogP contribution is 2.35. The zero-order valence-electron chi connectivity index (χ0n) is 24.3. The Morgan fingerprint density at radius 2 is 1.81 bits per heavy atom. The first kappa shape index (κ1) is 31.8. The summed E-state index contributed by atoms with van der Waals surface area (Å²) in [6, 6.07) is 7.69. The van der Waals surface area contributed by atoms with E-state index >= 15 is 0 Å². The van der Waals surface area contributed by atoms with Crippen LogP contribution in [0.4, 0.5) is 4.79 Å². The monoisotopic (exact) mass is 618 g/mol. The van der Waals surface area contributed by atoms with Gasteiger partial charge in [0.15, 0.2) is 0 Å². The number of nitrogens with zero attached hydrogens (tertiary/aromatic N) is 3. The third-order valence-electron chi connectivity index (χ3n) is 7.59. The van der Waals surface area contributed by atoms with Gasteiger partial charge in [0.05, 0.1) is 6.61 Å². The zero-order valence-corrected chi connectivity index (χ0v) is 25.9. The van der Waals surface area contributed by atoms with Crippen molar-refractivity contribution in [3.63, 3.8) is 0 Å². The van der Waals surface area contributed by atoms with Gasteiger partial charge in [-0.25, -0.2) is 22.3 Å². The molecule has 2 fully saturated rings. The van der Waals surface area contributed by atoms with E-state index in [-0.39, 0.29) is 35.1 Å². The summed E-state index contributed by atoms with van der Waals surface area (Å²) in [4.78, 5) is 44.8. The first-order valence-electron chi connectivity index (χ1n) is 14.0. The van der Waals surface area contributed by atoms with E-state index in [0.29, 0.717) is 15.6 Å². The highest BCUT2D eigenvalue weighted by molar-refractivity contribution is 8.01. The van der Waals surface area contributed by atoms with Crippen LogP contribution >= 0.6 is 11.8 Å². The Labute approximate surface area is 251 Å². The fraction of sp³-hybridized carbons (Fsp3) is 0.517. The molecule has 2 aliphatic rings. The lowest BCUT2D eigenvalue weighted by Crippen LogP contribution is -2.56. The molecule has 2 heterocycles. The largest absolute Gasteiger partial charge is 0.464 e. The number of carbonyl (C=O) groups excluding carboxylic acids is 3. The highest BCUT2D eigenvalue weighted by Gasteiger charge is 2.48. The van der Waals surface area contributed by atoms with E-state index < -0.39 is 39.4 Å². The fourth-order valence-corrected chi connectivity index (χ4v) is 7.66. The summed E-state index contributed by atoms with van der Waals surface area (Å²) in [5.41, 5.74) is 0.229. The number of rotatable bonds is 12. The Morgan fingerprint density at radius 1 is 1.12 bits per heavy atom. The van der Waals surface area contributed by atoms with Gasteiger partial charge in [0.2, 0.25) is 0 Å². The third kappa shape index (κ3) is 7.42. The van der Waals surface area contributed by atoms with Gasteiger partial charge in [-0.2, -0.15) is 0 Å². The second kappa shape index (κ2) is 13.4. The summed E-state index contributed by atoms with van der Waals surface area (Å²) in [6.45, 7) is 4.20. The summed E-state index contributed by atoms with van der Waals surface area (Å²) in [5.74, 6) is -0.394. The molecule has 2 aromatic rings. The fourth-order valence-electron chi connectivity index (χ4n) is 4.52. The molecule has 1 aliphatic heterocycles. The van der Waals surface area contributed by atoms with Gasteiger partial charge in [-0.1, -0.05) is 26.0 Å². The molecule has 1 aliphatic carbocycles. The summed E-state index contributed by atoms with van der Waals surface area (Å²) in [7, 11) is -1.40. The second-order valence-electron chi connectivity index (χ2n) is 10.9. The van der Waals surface area contributed by atoms with Gasteiger partial charge >= 0.3 is 12.1 Å². The summed E-state index contributed by atoms with van der Waals surface area (Å²) in [6.07, 6.45) is 5.28. The standard InChI is InChI=1S/C29H38N4O7S2/c1-5-29(6-2)19-41-25(31-29)26(34)33(42(37,38)23-8-7-15-30-17-23)24(27(35)39-18-21-9-10-21)16-20-11-13-22(14-12-20)40-28(36)32(3)4/h7-8,11-15,17,21,24-25,31H,5-6,9-10,16,18-19H2,1-4H3/t24-,25-/m0/s1. The predicted octanol–water partition coefficient (Wildman–Crippen LogP) is 3.45. The smallest absolute Gasteiger partial charge is 0.414 e. The van der Waals surface area contributed by atoms with Crippen LogP contribution in [0.5, 0.6) is 5.75 Å². The van der Waals surface area contributed by atoms with E-state index in [2.05, 4.69) is 10.3 Å². The van der Waals surface area contributed by atoms with Crippen molar-refractivity contribution in [2.75, 3.05) is 26.5 Å². The minimum atomic E-state index is -4.52. The van der Waals surface area contributed by atoms with Gasteiger partial charge in [-0.15, -0.1) is 11.8 Å². The molecule has 4 rings (SSSR count). The normalized spacial score (nSPS) is 18.6. The average Bonchev–Trinajstić information content (AvgIpc) is 3.72. The number of amides is 2. The number of benzene rings is 1. The van der Waals surface area contributed by atoms with E-state index in [1.807, 2.05) is 13.8 Å². The van der Waals surface area contributed by atoms with Crippen molar-refractivity contribution in [1.82, 2.24) is 19.5 Å². The number of sulfonamides is 1. The molecule has 1 N–H and O–H groups in total. The zero-order chi connectivity index (χ0) is 30.5. The van der Waals surface area contributed by atoms with Gasteiger partial charge < -0.3 is 14.4 Å². The van der Waals surface area contributed by atoms with E-state index in [9.17, 15) is 22.8 Å². The molecule has 11 nitrogen and oxygen atoms in total. The first-order valence-corrected chi connectivity index (χ1v) is 16.5. The Bertz CT molecular complexity index is 1360. The number of pyridine rings is 1. The van der Waals surface area contributed by atoms with Crippen molar-refractivity contribution in [1.29, 1.82) is 0 Å². The molecule has 0 spiro atoms. The molecule has 2 atom stereocenters. The number of ether oxygens (including phenoxy) is 2. The summed E-state index contributed by atoms with van der Waals surface area (Å²) >= 11 is 1.33. The molecule has 0 radical (unpaired) electrons. The predicted molar refractivity (Wildman–Crippen MR) is 158 cm³/mol. The molecule has 0 bridgehead atoms. The number of thioether (sulfide) groups is 1. The van der Waals surface area contributed by atoms with Crippen molar-refractivity contribution in [3.05, 3.63) is 54.4 Å². The van der Waals surface area contributed by atoms with Crippen LogP contribution in [0.2, 0.25) is 0 Å². The van der Waals surface area contributed by atoms with Crippen LogP contribution in [0.25, 0.3) is 0 Å². The topological polar surface area (TPSA) is 135 Å². The number of aromatic nitrogens is 1. The van der Waals surface area contributed by atoms with Crippen molar-refractivity contribution >= 4 is 39.8 Å². The van der Waals surface area contributed by atoms with E-state index in [1.165, 1.54) is 35.0 Å². The molecular formula is C29H38N4O7S2. The van der Waals surface area contributed by atoms with Crippen LogP contribution in [0.3, 0.4) is 0 Å². The Hall–Kier alpha value is -3.16.